The van der Waals surface area contributed by atoms with E-state index in [9.17, 15) is 0 Å². The van der Waals surface area contributed by atoms with Crippen molar-refractivity contribution < 1.29 is 0 Å². The minimum Gasteiger partial charge on any atom is -0.342 e. The van der Waals surface area contributed by atoms with Gasteiger partial charge >= 0.3 is 0 Å². The molecule has 1 aliphatic rings. The van der Waals surface area contributed by atoms with Gasteiger partial charge in [-0.25, -0.2) is 0 Å². The number of nitrogens with one attached hydrogen (secondary N) is 1. The van der Waals surface area contributed by atoms with Gasteiger partial charge in [-0.3, -0.25) is 4.99 Å². The summed E-state index contributed by atoms with van der Waals surface area (Å²) in [6, 6.07) is 8.52. The molecule has 0 spiro atoms. The molecule has 0 atom stereocenters. The second kappa shape index (κ2) is 3.12. The van der Waals surface area contributed by atoms with Gasteiger partial charge in [0.15, 0.2) is 0 Å². The summed E-state index contributed by atoms with van der Waals surface area (Å²) in [6.45, 7) is 6.38. The van der Waals surface area contributed by atoms with Gasteiger partial charge in [0.2, 0.25) is 0 Å². The molecule has 2 nitrogen and oxygen atoms in total. The van der Waals surface area contributed by atoms with Crippen LogP contribution < -0.4 is 5.32 Å². The predicted molar refractivity (Wildman–Crippen MR) is 61.0 cm³/mol. The fourth-order valence-electron chi connectivity index (χ4n) is 1.39. The number of amidine groups is 1. The van der Waals surface area contributed by atoms with Gasteiger partial charge < -0.3 is 5.32 Å². The number of aliphatic imine (C=N–C) groups is 1. The van der Waals surface area contributed by atoms with E-state index in [0.29, 0.717) is 0 Å². The summed E-state index contributed by atoms with van der Waals surface area (Å²) < 4.78 is 0. The van der Waals surface area contributed by atoms with Crippen LogP contribution in [0.15, 0.2) is 29.3 Å². The standard InChI is InChI=1S/C12H16N2/c1-4-9-5-7-10(8-6-9)13-11-12(2,3)14-11/h5-8H,4H2,1-3H3,(H,13,14). The topological polar surface area (TPSA) is 24.4 Å². The van der Waals surface area contributed by atoms with Crippen molar-refractivity contribution in [1.29, 1.82) is 0 Å². The molecule has 1 aromatic carbocycles. The molecule has 1 aliphatic heterocycles. The third-order valence-electron chi connectivity index (χ3n) is 2.55. The molecule has 74 valence electrons. The van der Waals surface area contributed by atoms with E-state index < -0.39 is 0 Å². The molecule has 0 radical (unpaired) electrons. The molecule has 0 saturated carbocycles. The lowest BCUT2D eigenvalue weighted by atomic mass is 10.1. The molecule has 0 aliphatic carbocycles. The van der Waals surface area contributed by atoms with Crippen molar-refractivity contribution in [3.8, 4) is 0 Å². The van der Waals surface area contributed by atoms with Crippen LogP contribution in [0.2, 0.25) is 0 Å². The van der Waals surface area contributed by atoms with Gasteiger partial charge in [0, 0.05) is 5.69 Å². The van der Waals surface area contributed by atoms with Crippen LogP contribution in [0.4, 0.5) is 5.69 Å². The lowest BCUT2D eigenvalue weighted by Gasteiger charge is -2.04. The van der Waals surface area contributed by atoms with Crippen LogP contribution >= 0.6 is 0 Å². The van der Waals surface area contributed by atoms with Crippen LogP contribution in [-0.4, -0.2) is 11.4 Å². The van der Waals surface area contributed by atoms with Gasteiger partial charge in [-0.05, 0) is 38.0 Å². The molecule has 0 aromatic heterocycles. The highest BCUT2D eigenvalue weighted by molar-refractivity contribution is 6.11. The minimum absolute atomic E-state index is 0.0451. The molecular formula is C12H16N2. The minimum atomic E-state index is 0.0451. The van der Waals surface area contributed by atoms with E-state index in [-0.39, 0.29) is 5.54 Å². The van der Waals surface area contributed by atoms with Crippen LogP contribution in [0.1, 0.15) is 26.3 Å². The zero-order valence-corrected chi connectivity index (χ0v) is 8.96. The maximum atomic E-state index is 4.33. The molecular weight excluding hydrogens is 172 g/mol. The molecule has 0 fully saturated rings. The molecule has 2 heteroatoms. The Balaban J connectivity index is 2.01. The SMILES string of the molecule is CCc1ccc(NC2=NC2(C)C)cc1. The summed E-state index contributed by atoms with van der Waals surface area (Å²) in [6.07, 6.45) is 1.09. The van der Waals surface area contributed by atoms with Crippen LogP contribution in [0, 0.1) is 0 Å². The molecule has 14 heavy (non-hydrogen) atoms. The molecule has 2 rings (SSSR count). The van der Waals surface area contributed by atoms with Crippen LogP contribution in [-0.2, 0) is 6.42 Å². The lowest BCUT2D eigenvalue weighted by Crippen LogP contribution is -2.15. The fraction of sp³-hybridized carbons (Fsp3) is 0.417. The van der Waals surface area contributed by atoms with Crippen molar-refractivity contribution >= 4 is 11.5 Å². The monoisotopic (exact) mass is 188 g/mol. The maximum Gasteiger partial charge on any atom is 0.129 e. The van der Waals surface area contributed by atoms with Gasteiger partial charge in [-0.1, -0.05) is 19.1 Å². The Morgan fingerprint density at radius 3 is 2.21 bits per heavy atom. The zero-order chi connectivity index (χ0) is 10.2. The second-order valence-electron chi connectivity index (χ2n) is 4.19. The van der Waals surface area contributed by atoms with Gasteiger partial charge in [-0.15, -0.1) is 0 Å². The Labute approximate surface area is 85.1 Å². The number of anilines is 1. The highest BCUT2D eigenvalue weighted by Crippen LogP contribution is 2.27. The van der Waals surface area contributed by atoms with Crippen molar-refractivity contribution in [2.75, 3.05) is 5.32 Å². The summed E-state index contributed by atoms with van der Waals surface area (Å²) in [5.41, 5.74) is 2.54. The fourth-order valence-corrected chi connectivity index (χ4v) is 1.39. The Morgan fingerprint density at radius 2 is 1.79 bits per heavy atom. The summed E-state index contributed by atoms with van der Waals surface area (Å²) in [7, 11) is 0. The molecule has 1 N–H and O–H groups in total. The Hall–Kier alpha value is -1.31. The highest BCUT2D eigenvalue weighted by Gasteiger charge is 2.37. The summed E-state index contributed by atoms with van der Waals surface area (Å²) in [5, 5.41) is 3.31. The van der Waals surface area contributed by atoms with E-state index in [1.807, 2.05) is 0 Å². The van der Waals surface area contributed by atoms with Crippen LogP contribution in [0.25, 0.3) is 0 Å². The van der Waals surface area contributed by atoms with Gasteiger partial charge in [0.05, 0.1) is 0 Å². The first-order valence-electron chi connectivity index (χ1n) is 5.08. The predicted octanol–water partition coefficient (Wildman–Crippen LogP) is 2.85. The largest absolute Gasteiger partial charge is 0.342 e. The number of aryl methyl sites for hydroxylation is 1. The first-order chi connectivity index (χ1) is 6.62. The van der Waals surface area contributed by atoms with Gasteiger partial charge in [0.25, 0.3) is 0 Å². The molecule has 0 unspecified atom stereocenters. The van der Waals surface area contributed by atoms with E-state index in [0.717, 1.165) is 17.9 Å². The van der Waals surface area contributed by atoms with E-state index in [4.69, 9.17) is 0 Å². The molecule has 0 amide bonds. The second-order valence-corrected chi connectivity index (χ2v) is 4.19. The average Bonchev–Trinajstić information content (AvgIpc) is 2.75. The van der Waals surface area contributed by atoms with Crippen LogP contribution in [0.3, 0.4) is 0 Å². The third kappa shape index (κ3) is 1.79. The van der Waals surface area contributed by atoms with Gasteiger partial charge in [-0.2, -0.15) is 0 Å². The van der Waals surface area contributed by atoms with Crippen molar-refractivity contribution in [3.63, 3.8) is 0 Å². The Bertz CT molecular complexity index is 360. The maximum absolute atomic E-state index is 4.33. The van der Waals surface area contributed by atoms with E-state index >= 15 is 0 Å². The number of hydrogen-bond acceptors (Lipinski definition) is 2. The first-order valence-corrected chi connectivity index (χ1v) is 5.08. The average molecular weight is 188 g/mol. The number of rotatable bonds is 2. The molecule has 1 aromatic rings. The van der Waals surface area contributed by atoms with Crippen molar-refractivity contribution in [2.45, 2.75) is 32.7 Å². The van der Waals surface area contributed by atoms with Crippen molar-refractivity contribution in [3.05, 3.63) is 29.8 Å². The first kappa shape index (κ1) is 9.25. The van der Waals surface area contributed by atoms with Crippen molar-refractivity contribution in [2.24, 2.45) is 4.99 Å². The summed E-state index contributed by atoms with van der Waals surface area (Å²) in [5.74, 6) is 1.08. The molecule has 0 bridgehead atoms. The zero-order valence-electron chi connectivity index (χ0n) is 8.96. The number of nitrogens with zero attached hydrogens (tertiary/aromatic N) is 1. The van der Waals surface area contributed by atoms with Gasteiger partial charge in [0.1, 0.15) is 11.4 Å². The number of benzene rings is 1. The Morgan fingerprint density at radius 1 is 1.21 bits per heavy atom. The van der Waals surface area contributed by atoms with E-state index in [2.05, 4.69) is 55.3 Å². The highest BCUT2D eigenvalue weighted by atomic mass is 15.2. The van der Waals surface area contributed by atoms with E-state index in [1.54, 1.807) is 0 Å². The van der Waals surface area contributed by atoms with Crippen molar-refractivity contribution in [1.82, 2.24) is 0 Å². The van der Waals surface area contributed by atoms with Crippen LogP contribution in [0.5, 0.6) is 0 Å². The number of hydrogen-bond donors (Lipinski definition) is 1. The smallest absolute Gasteiger partial charge is 0.129 e. The molecule has 1 heterocycles. The van der Waals surface area contributed by atoms with E-state index in [1.165, 1.54) is 5.56 Å². The summed E-state index contributed by atoms with van der Waals surface area (Å²) >= 11 is 0. The normalized spacial score (nSPS) is 17.5. The lowest BCUT2D eigenvalue weighted by molar-refractivity contribution is 0.824. The third-order valence-corrected chi connectivity index (χ3v) is 2.55. The quantitative estimate of drug-likeness (QED) is 0.758. The summed E-state index contributed by atoms with van der Waals surface area (Å²) in [4.78, 5) is 4.33. The molecule has 0 saturated heterocycles. The Kier molecular flexibility index (Phi) is 2.06.